The number of halogens is 3. The van der Waals surface area contributed by atoms with Crippen molar-refractivity contribution in [1.29, 1.82) is 0 Å². The molecule has 0 aliphatic rings. The first kappa shape index (κ1) is 18.8. The second kappa shape index (κ2) is 8.12. The number of carbonyl (C=O) groups is 1. The van der Waals surface area contributed by atoms with Crippen LogP contribution in [-0.2, 0) is 11.3 Å². The van der Waals surface area contributed by atoms with E-state index in [-0.39, 0.29) is 12.3 Å². The van der Waals surface area contributed by atoms with Crippen LogP contribution in [0.3, 0.4) is 0 Å². The molecule has 0 radical (unpaired) electrons. The molecule has 0 unspecified atom stereocenters. The van der Waals surface area contributed by atoms with Gasteiger partial charge in [0.05, 0.1) is 18.8 Å². The van der Waals surface area contributed by atoms with Crippen molar-refractivity contribution in [3.05, 3.63) is 74.9 Å². The van der Waals surface area contributed by atoms with Crippen LogP contribution < -0.4 is 0 Å². The predicted octanol–water partition coefficient (Wildman–Crippen LogP) is 5.74. The lowest BCUT2D eigenvalue weighted by Gasteiger charge is -2.09. The zero-order valence-corrected chi connectivity index (χ0v) is 16.1. The van der Waals surface area contributed by atoms with Crippen LogP contribution in [0.5, 0.6) is 0 Å². The standard InChI is InChI=1S/C19H15Cl3N2O2/c1-2-26-19(25)17-10-18(12-3-6-14(20)7-4-12)24(23-17)11-13-5-8-15(21)9-16(13)22/h3-10H,2,11H2,1H3. The van der Waals surface area contributed by atoms with E-state index < -0.39 is 5.97 Å². The van der Waals surface area contributed by atoms with Crippen LogP contribution in [0.15, 0.2) is 48.5 Å². The Hall–Kier alpha value is -2.01. The van der Waals surface area contributed by atoms with Gasteiger partial charge in [-0.1, -0.05) is 53.0 Å². The molecule has 7 heteroatoms. The number of hydrogen-bond donors (Lipinski definition) is 0. The molecular formula is C19H15Cl3N2O2. The Morgan fingerprint density at radius 3 is 2.38 bits per heavy atom. The van der Waals surface area contributed by atoms with Gasteiger partial charge in [0, 0.05) is 15.1 Å². The highest BCUT2D eigenvalue weighted by Gasteiger charge is 2.17. The van der Waals surface area contributed by atoms with Crippen molar-refractivity contribution in [3.63, 3.8) is 0 Å². The van der Waals surface area contributed by atoms with Crippen molar-refractivity contribution < 1.29 is 9.53 Å². The zero-order chi connectivity index (χ0) is 18.7. The quantitative estimate of drug-likeness (QED) is 0.505. The number of hydrogen-bond acceptors (Lipinski definition) is 3. The molecule has 3 rings (SSSR count). The van der Waals surface area contributed by atoms with Crippen LogP contribution in [-0.4, -0.2) is 22.4 Å². The first-order valence-electron chi connectivity index (χ1n) is 7.92. The van der Waals surface area contributed by atoms with Gasteiger partial charge in [-0.3, -0.25) is 4.68 Å². The van der Waals surface area contributed by atoms with Gasteiger partial charge in [-0.2, -0.15) is 5.10 Å². The molecule has 4 nitrogen and oxygen atoms in total. The lowest BCUT2D eigenvalue weighted by Crippen LogP contribution is -2.08. The molecule has 1 aromatic heterocycles. The molecule has 0 bridgehead atoms. The summed E-state index contributed by atoms with van der Waals surface area (Å²) in [6.07, 6.45) is 0. The van der Waals surface area contributed by atoms with E-state index in [4.69, 9.17) is 39.5 Å². The Kier molecular flexibility index (Phi) is 5.87. The van der Waals surface area contributed by atoms with Gasteiger partial charge in [-0.05, 0) is 48.4 Å². The van der Waals surface area contributed by atoms with Gasteiger partial charge in [0.25, 0.3) is 0 Å². The largest absolute Gasteiger partial charge is 0.461 e. The number of nitrogens with zero attached hydrogens (tertiary/aromatic N) is 2. The van der Waals surface area contributed by atoms with E-state index in [0.717, 1.165) is 16.8 Å². The lowest BCUT2D eigenvalue weighted by molar-refractivity contribution is 0.0518. The van der Waals surface area contributed by atoms with E-state index in [1.165, 1.54) is 0 Å². The molecule has 0 saturated heterocycles. The molecule has 1 heterocycles. The maximum atomic E-state index is 12.1. The van der Waals surface area contributed by atoms with Gasteiger partial charge >= 0.3 is 5.97 Å². The molecule has 3 aromatic rings. The van der Waals surface area contributed by atoms with Crippen molar-refractivity contribution in [2.45, 2.75) is 13.5 Å². The second-order valence-corrected chi connectivity index (χ2v) is 6.82. The minimum Gasteiger partial charge on any atom is -0.461 e. The fraction of sp³-hybridized carbons (Fsp3) is 0.158. The minimum atomic E-state index is -0.469. The van der Waals surface area contributed by atoms with Crippen molar-refractivity contribution in [2.24, 2.45) is 0 Å². The van der Waals surface area contributed by atoms with E-state index in [1.807, 2.05) is 18.2 Å². The molecule has 0 atom stereocenters. The Labute approximate surface area is 166 Å². The van der Waals surface area contributed by atoms with Gasteiger partial charge in [-0.15, -0.1) is 0 Å². The van der Waals surface area contributed by atoms with Crippen molar-refractivity contribution in [1.82, 2.24) is 9.78 Å². The number of ether oxygens (including phenoxy) is 1. The van der Waals surface area contributed by atoms with Crippen LogP contribution in [0.4, 0.5) is 0 Å². The van der Waals surface area contributed by atoms with Gasteiger partial charge in [0.15, 0.2) is 5.69 Å². The summed E-state index contributed by atoms with van der Waals surface area (Å²) in [6.45, 7) is 2.42. The normalized spacial score (nSPS) is 10.8. The summed E-state index contributed by atoms with van der Waals surface area (Å²) in [5.41, 5.74) is 2.71. The number of esters is 1. The summed E-state index contributed by atoms with van der Waals surface area (Å²) >= 11 is 18.2. The molecule has 0 fully saturated rings. The number of aromatic nitrogens is 2. The average Bonchev–Trinajstić information content (AvgIpc) is 3.02. The highest BCUT2D eigenvalue weighted by molar-refractivity contribution is 6.35. The van der Waals surface area contributed by atoms with Crippen LogP contribution in [0, 0.1) is 0 Å². The Morgan fingerprint density at radius 2 is 1.73 bits per heavy atom. The summed E-state index contributed by atoms with van der Waals surface area (Å²) < 4.78 is 6.77. The van der Waals surface area contributed by atoms with Gasteiger partial charge in [0.1, 0.15) is 0 Å². The molecule has 0 spiro atoms. The third-order valence-corrected chi connectivity index (χ3v) is 4.58. The van der Waals surface area contributed by atoms with Crippen LogP contribution in [0.2, 0.25) is 15.1 Å². The molecule has 2 aromatic carbocycles. The molecule has 26 heavy (non-hydrogen) atoms. The van der Waals surface area contributed by atoms with Gasteiger partial charge in [0.2, 0.25) is 0 Å². The Bertz CT molecular complexity index is 936. The first-order chi connectivity index (χ1) is 12.5. The summed E-state index contributed by atoms with van der Waals surface area (Å²) in [5, 5.41) is 6.13. The highest BCUT2D eigenvalue weighted by Crippen LogP contribution is 2.26. The summed E-state index contributed by atoms with van der Waals surface area (Å²) in [7, 11) is 0. The Balaban J connectivity index is 2.03. The third kappa shape index (κ3) is 4.21. The lowest BCUT2D eigenvalue weighted by atomic mass is 10.1. The molecular weight excluding hydrogens is 395 g/mol. The Morgan fingerprint density at radius 1 is 1.04 bits per heavy atom. The maximum Gasteiger partial charge on any atom is 0.358 e. The predicted molar refractivity (Wildman–Crippen MR) is 104 cm³/mol. The van der Waals surface area contributed by atoms with Gasteiger partial charge in [-0.25, -0.2) is 4.79 Å². The molecule has 0 saturated carbocycles. The molecule has 0 aliphatic carbocycles. The SMILES string of the molecule is CCOC(=O)c1cc(-c2ccc(Cl)cc2)n(Cc2ccc(Cl)cc2Cl)n1. The number of carbonyl (C=O) groups excluding carboxylic acids is 1. The molecule has 0 aliphatic heterocycles. The fourth-order valence-electron chi connectivity index (χ4n) is 2.51. The monoisotopic (exact) mass is 408 g/mol. The van der Waals surface area contributed by atoms with E-state index >= 15 is 0 Å². The van der Waals surface area contributed by atoms with Crippen molar-refractivity contribution >= 4 is 40.8 Å². The van der Waals surface area contributed by atoms with Crippen molar-refractivity contribution in [3.8, 4) is 11.3 Å². The van der Waals surface area contributed by atoms with E-state index in [1.54, 1.807) is 41.9 Å². The average molecular weight is 410 g/mol. The molecule has 0 amide bonds. The smallest absolute Gasteiger partial charge is 0.358 e. The zero-order valence-electron chi connectivity index (χ0n) is 13.9. The van der Waals surface area contributed by atoms with Crippen LogP contribution in [0.25, 0.3) is 11.3 Å². The summed E-state index contributed by atoms with van der Waals surface area (Å²) in [5.74, 6) is -0.469. The maximum absolute atomic E-state index is 12.1. The topological polar surface area (TPSA) is 44.1 Å². The fourth-order valence-corrected chi connectivity index (χ4v) is 3.10. The van der Waals surface area contributed by atoms with Crippen molar-refractivity contribution in [2.75, 3.05) is 6.61 Å². The molecule has 0 N–H and O–H groups in total. The van der Waals surface area contributed by atoms with E-state index in [2.05, 4.69) is 5.10 Å². The van der Waals surface area contributed by atoms with E-state index in [9.17, 15) is 4.79 Å². The number of benzene rings is 2. The van der Waals surface area contributed by atoms with E-state index in [0.29, 0.717) is 21.6 Å². The highest BCUT2D eigenvalue weighted by atomic mass is 35.5. The third-order valence-electron chi connectivity index (χ3n) is 3.74. The van der Waals surface area contributed by atoms with Gasteiger partial charge < -0.3 is 4.74 Å². The summed E-state index contributed by atoms with van der Waals surface area (Å²) in [4.78, 5) is 12.1. The molecule has 134 valence electrons. The minimum absolute atomic E-state index is 0.238. The van der Waals surface area contributed by atoms with Crippen LogP contribution in [0.1, 0.15) is 23.0 Å². The summed E-state index contributed by atoms with van der Waals surface area (Å²) in [6, 6.07) is 14.3. The van der Waals surface area contributed by atoms with Crippen LogP contribution >= 0.6 is 34.8 Å². The first-order valence-corrected chi connectivity index (χ1v) is 9.06. The second-order valence-electron chi connectivity index (χ2n) is 5.54. The number of rotatable bonds is 5.